The highest BCUT2D eigenvalue weighted by Crippen LogP contribution is 2.12. The molecule has 18 heavy (non-hydrogen) atoms. The van der Waals surface area contributed by atoms with Crippen molar-refractivity contribution in [3.05, 3.63) is 35.4 Å². The second-order valence-corrected chi connectivity index (χ2v) is 4.61. The lowest BCUT2D eigenvalue weighted by molar-refractivity contribution is 0.490. The Balaban J connectivity index is 1.93. The number of nitrogens with zero attached hydrogens (tertiary/aromatic N) is 2. The minimum absolute atomic E-state index is 0.679. The van der Waals surface area contributed by atoms with Gasteiger partial charge in [-0.1, -0.05) is 13.3 Å². The van der Waals surface area contributed by atoms with Gasteiger partial charge in [0.15, 0.2) is 0 Å². The van der Waals surface area contributed by atoms with E-state index in [4.69, 9.17) is 4.42 Å². The number of anilines is 1. The zero-order valence-electron chi connectivity index (χ0n) is 11.4. The Morgan fingerprint density at radius 2 is 2.17 bits per heavy atom. The minimum atomic E-state index is 0.679. The van der Waals surface area contributed by atoms with Gasteiger partial charge >= 0.3 is 0 Å². The van der Waals surface area contributed by atoms with Gasteiger partial charge in [0.25, 0.3) is 0 Å². The quantitative estimate of drug-likeness (QED) is 0.849. The number of nitrogens with one attached hydrogen (secondary N) is 1. The molecule has 0 amide bonds. The Morgan fingerprint density at radius 3 is 2.83 bits per heavy atom. The van der Waals surface area contributed by atoms with Crippen molar-refractivity contribution in [2.45, 2.75) is 46.7 Å². The van der Waals surface area contributed by atoms with Crippen molar-refractivity contribution < 1.29 is 4.42 Å². The lowest BCUT2D eigenvalue weighted by Crippen LogP contribution is -2.03. The smallest absolute Gasteiger partial charge is 0.148 e. The van der Waals surface area contributed by atoms with Crippen LogP contribution < -0.4 is 5.32 Å². The molecule has 0 radical (unpaired) electrons. The number of furan rings is 1. The summed E-state index contributed by atoms with van der Waals surface area (Å²) in [5, 5.41) is 7.82. The Kier molecular flexibility index (Phi) is 4.07. The molecule has 2 aromatic rings. The highest BCUT2D eigenvalue weighted by atomic mass is 16.3. The first-order chi connectivity index (χ1) is 8.69. The minimum Gasteiger partial charge on any atom is -0.465 e. The SMILES string of the molecule is CCCCn1nc(NCc2ccc(C)o2)cc1C. The molecule has 0 unspecified atom stereocenters. The Labute approximate surface area is 108 Å². The van der Waals surface area contributed by atoms with Crippen LogP contribution in [0.4, 0.5) is 5.82 Å². The van der Waals surface area contributed by atoms with Crippen molar-refractivity contribution in [1.82, 2.24) is 9.78 Å². The van der Waals surface area contributed by atoms with Crippen molar-refractivity contribution in [1.29, 1.82) is 0 Å². The molecule has 0 aromatic carbocycles. The largest absolute Gasteiger partial charge is 0.465 e. The van der Waals surface area contributed by atoms with E-state index < -0.39 is 0 Å². The summed E-state index contributed by atoms with van der Waals surface area (Å²) in [4.78, 5) is 0. The fourth-order valence-corrected chi connectivity index (χ4v) is 1.89. The molecule has 0 aliphatic carbocycles. The number of hydrogen-bond acceptors (Lipinski definition) is 3. The average molecular weight is 247 g/mol. The number of aromatic nitrogens is 2. The second kappa shape index (κ2) is 5.76. The summed E-state index contributed by atoms with van der Waals surface area (Å²) < 4.78 is 7.56. The summed E-state index contributed by atoms with van der Waals surface area (Å²) >= 11 is 0. The van der Waals surface area contributed by atoms with Crippen molar-refractivity contribution in [3.8, 4) is 0 Å². The van der Waals surface area contributed by atoms with E-state index in [1.165, 1.54) is 18.5 Å². The van der Waals surface area contributed by atoms with E-state index in [-0.39, 0.29) is 0 Å². The van der Waals surface area contributed by atoms with E-state index in [2.05, 4.69) is 35.0 Å². The van der Waals surface area contributed by atoms with Gasteiger partial charge in [0, 0.05) is 18.3 Å². The van der Waals surface area contributed by atoms with Gasteiger partial charge in [-0.2, -0.15) is 5.10 Å². The first kappa shape index (κ1) is 12.7. The predicted octanol–water partition coefficient (Wildman–Crippen LogP) is 3.51. The Hall–Kier alpha value is -1.71. The van der Waals surface area contributed by atoms with Crippen LogP contribution in [-0.2, 0) is 13.1 Å². The van der Waals surface area contributed by atoms with E-state index in [1.807, 2.05) is 19.1 Å². The monoisotopic (exact) mass is 247 g/mol. The Bertz CT molecular complexity index is 499. The maximum Gasteiger partial charge on any atom is 0.148 e. The molecule has 4 heteroatoms. The van der Waals surface area contributed by atoms with Gasteiger partial charge in [-0.05, 0) is 32.4 Å². The molecule has 1 N–H and O–H groups in total. The molecule has 0 spiro atoms. The van der Waals surface area contributed by atoms with E-state index in [9.17, 15) is 0 Å². The summed E-state index contributed by atoms with van der Waals surface area (Å²) in [7, 11) is 0. The van der Waals surface area contributed by atoms with Gasteiger partial charge in [0.2, 0.25) is 0 Å². The normalized spacial score (nSPS) is 10.8. The third-order valence-corrected chi connectivity index (χ3v) is 2.94. The van der Waals surface area contributed by atoms with Crippen molar-refractivity contribution in [2.24, 2.45) is 0 Å². The van der Waals surface area contributed by atoms with E-state index >= 15 is 0 Å². The zero-order chi connectivity index (χ0) is 13.0. The molecule has 2 aromatic heterocycles. The topological polar surface area (TPSA) is 43.0 Å². The van der Waals surface area contributed by atoms with E-state index in [1.54, 1.807) is 0 Å². The maximum absolute atomic E-state index is 5.51. The standard InChI is InChI=1S/C14H21N3O/c1-4-5-8-17-11(2)9-14(16-17)15-10-13-7-6-12(3)18-13/h6-7,9H,4-5,8,10H2,1-3H3,(H,15,16). The Morgan fingerprint density at radius 1 is 1.33 bits per heavy atom. The first-order valence-electron chi connectivity index (χ1n) is 6.52. The number of rotatable bonds is 6. The number of unbranched alkanes of at least 4 members (excludes halogenated alkanes) is 1. The van der Waals surface area contributed by atoms with Gasteiger partial charge < -0.3 is 9.73 Å². The molecule has 0 saturated carbocycles. The summed E-state index contributed by atoms with van der Waals surface area (Å²) in [5.41, 5.74) is 1.20. The van der Waals surface area contributed by atoms with Crippen LogP contribution in [0.15, 0.2) is 22.6 Å². The van der Waals surface area contributed by atoms with E-state index in [0.717, 1.165) is 23.9 Å². The van der Waals surface area contributed by atoms with Crippen LogP contribution >= 0.6 is 0 Å². The molecule has 0 atom stereocenters. The lowest BCUT2D eigenvalue weighted by atomic mass is 10.3. The third-order valence-electron chi connectivity index (χ3n) is 2.94. The predicted molar refractivity (Wildman–Crippen MR) is 72.6 cm³/mol. The fourth-order valence-electron chi connectivity index (χ4n) is 1.89. The van der Waals surface area contributed by atoms with Gasteiger partial charge in [-0.25, -0.2) is 0 Å². The second-order valence-electron chi connectivity index (χ2n) is 4.61. The molecule has 0 aliphatic rings. The molecule has 4 nitrogen and oxygen atoms in total. The highest BCUT2D eigenvalue weighted by molar-refractivity contribution is 5.36. The highest BCUT2D eigenvalue weighted by Gasteiger charge is 2.04. The third kappa shape index (κ3) is 3.15. The molecule has 0 bridgehead atoms. The first-order valence-corrected chi connectivity index (χ1v) is 6.52. The lowest BCUT2D eigenvalue weighted by Gasteiger charge is -2.02. The molecule has 2 rings (SSSR count). The van der Waals surface area contributed by atoms with Crippen LogP contribution in [0, 0.1) is 13.8 Å². The van der Waals surface area contributed by atoms with Crippen LogP contribution in [0.5, 0.6) is 0 Å². The van der Waals surface area contributed by atoms with Crippen molar-refractivity contribution in [3.63, 3.8) is 0 Å². The van der Waals surface area contributed by atoms with Gasteiger partial charge in [-0.15, -0.1) is 0 Å². The molecular formula is C14H21N3O. The van der Waals surface area contributed by atoms with Gasteiger partial charge in [0.1, 0.15) is 17.3 Å². The number of aryl methyl sites for hydroxylation is 3. The van der Waals surface area contributed by atoms with E-state index in [0.29, 0.717) is 6.54 Å². The fraction of sp³-hybridized carbons (Fsp3) is 0.500. The molecule has 0 aliphatic heterocycles. The summed E-state index contributed by atoms with van der Waals surface area (Å²) in [5.74, 6) is 2.79. The van der Waals surface area contributed by atoms with Crippen molar-refractivity contribution in [2.75, 3.05) is 5.32 Å². The van der Waals surface area contributed by atoms with Crippen LogP contribution in [0.1, 0.15) is 37.0 Å². The molecule has 0 saturated heterocycles. The summed E-state index contributed by atoms with van der Waals surface area (Å²) in [6.07, 6.45) is 2.35. The van der Waals surface area contributed by atoms with Crippen LogP contribution in [0.25, 0.3) is 0 Å². The molecule has 0 fully saturated rings. The maximum atomic E-state index is 5.51. The van der Waals surface area contributed by atoms with Crippen molar-refractivity contribution >= 4 is 5.82 Å². The number of hydrogen-bond donors (Lipinski definition) is 1. The summed E-state index contributed by atoms with van der Waals surface area (Å²) in [6, 6.07) is 6.04. The van der Waals surface area contributed by atoms with Crippen LogP contribution in [0.2, 0.25) is 0 Å². The molecule has 98 valence electrons. The molecule has 2 heterocycles. The van der Waals surface area contributed by atoms with Gasteiger partial charge in [0.05, 0.1) is 6.54 Å². The zero-order valence-corrected chi connectivity index (χ0v) is 11.4. The molecular weight excluding hydrogens is 226 g/mol. The van der Waals surface area contributed by atoms with Crippen LogP contribution in [-0.4, -0.2) is 9.78 Å². The average Bonchev–Trinajstić information content (AvgIpc) is 2.91. The van der Waals surface area contributed by atoms with Crippen LogP contribution in [0.3, 0.4) is 0 Å². The van der Waals surface area contributed by atoms with Gasteiger partial charge in [-0.3, -0.25) is 4.68 Å². The summed E-state index contributed by atoms with van der Waals surface area (Å²) in [6.45, 7) is 7.90.